The Labute approximate surface area is 84.6 Å². The van der Waals surface area contributed by atoms with Crippen LogP contribution in [0.15, 0.2) is 30.6 Å². The highest BCUT2D eigenvalue weighted by Crippen LogP contribution is 2.18. The Morgan fingerprint density at radius 1 is 1.13 bits per heavy atom. The predicted octanol–water partition coefficient (Wildman–Crippen LogP) is 0.632. The lowest BCUT2D eigenvalue weighted by Gasteiger charge is -2.01. The molecular weight excluding hydrogens is 196 g/mol. The first-order valence-corrected chi connectivity index (χ1v) is 4.12. The minimum Gasteiger partial charge on any atom is -0.478 e. The van der Waals surface area contributed by atoms with E-state index >= 15 is 0 Å². The van der Waals surface area contributed by atoms with Crippen molar-refractivity contribution in [3.05, 3.63) is 36.2 Å². The van der Waals surface area contributed by atoms with E-state index in [-0.39, 0.29) is 11.4 Å². The molecule has 0 atom stereocenters. The first-order valence-electron chi connectivity index (χ1n) is 4.12. The van der Waals surface area contributed by atoms with Crippen LogP contribution < -0.4 is 0 Å². The summed E-state index contributed by atoms with van der Waals surface area (Å²) in [7, 11) is 0. The molecule has 0 aliphatic rings. The van der Waals surface area contributed by atoms with Crippen LogP contribution in [0, 0.1) is 0 Å². The molecule has 6 nitrogen and oxygen atoms in total. The number of hydrogen-bond donors (Lipinski definition) is 1. The number of nitrogens with zero attached hydrogens (tertiary/aromatic N) is 4. The summed E-state index contributed by atoms with van der Waals surface area (Å²) in [6.07, 6.45) is 1.19. The summed E-state index contributed by atoms with van der Waals surface area (Å²) in [6, 6.07) is 6.44. The van der Waals surface area contributed by atoms with Gasteiger partial charge in [0.1, 0.15) is 0 Å². The third kappa shape index (κ3) is 1.78. The lowest BCUT2D eigenvalue weighted by Crippen LogP contribution is -2.02. The molecule has 0 bridgehead atoms. The van der Waals surface area contributed by atoms with Crippen molar-refractivity contribution >= 4 is 5.97 Å². The molecule has 1 N–H and O–H groups in total. The zero-order chi connectivity index (χ0) is 10.7. The van der Waals surface area contributed by atoms with E-state index in [1.54, 1.807) is 18.2 Å². The Morgan fingerprint density at radius 3 is 2.47 bits per heavy atom. The summed E-state index contributed by atoms with van der Waals surface area (Å²) in [5.41, 5.74) is 0.540. The van der Waals surface area contributed by atoms with Gasteiger partial charge < -0.3 is 5.11 Å². The Balaban J connectivity index is 2.58. The monoisotopic (exact) mass is 202 g/mol. The van der Waals surface area contributed by atoms with Gasteiger partial charge in [0.15, 0.2) is 6.33 Å². The van der Waals surface area contributed by atoms with Crippen molar-refractivity contribution in [2.45, 2.75) is 0 Å². The van der Waals surface area contributed by atoms with E-state index in [9.17, 15) is 4.79 Å². The molecule has 2 aromatic rings. The van der Waals surface area contributed by atoms with Gasteiger partial charge in [-0.25, -0.2) is 4.79 Å². The van der Waals surface area contributed by atoms with E-state index in [1.165, 1.54) is 12.4 Å². The van der Waals surface area contributed by atoms with Crippen LogP contribution in [0.2, 0.25) is 0 Å². The summed E-state index contributed by atoms with van der Waals surface area (Å²) in [4.78, 5) is 10.9. The minimum atomic E-state index is -1.03. The average Bonchev–Trinajstić information content (AvgIpc) is 2.30. The first-order chi connectivity index (χ1) is 7.29. The molecule has 1 aromatic heterocycles. The van der Waals surface area contributed by atoms with Crippen LogP contribution in [0.1, 0.15) is 10.4 Å². The fourth-order valence-corrected chi connectivity index (χ4v) is 1.18. The van der Waals surface area contributed by atoms with Gasteiger partial charge in [-0.1, -0.05) is 18.2 Å². The second kappa shape index (κ2) is 3.79. The fraction of sp³-hybridized carbons (Fsp3) is 0. The van der Waals surface area contributed by atoms with E-state index in [4.69, 9.17) is 5.11 Å². The molecule has 0 spiro atoms. The third-order valence-electron chi connectivity index (χ3n) is 1.81. The van der Waals surface area contributed by atoms with Gasteiger partial charge >= 0.3 is 5.97 Å². The van der Waals surface area contributed by atoms with Crippen molar-refractivity contribution in [3.63, 3.8) is 0 Å². The molecule has 0 aliphatic heterocycles. The van der Waals surface area contributed by atoms with Crippen molar-refractivity contribution < 1.29 is 9.90 Å². The summed E-state index contributed by atoms with van der Waals surface area (Å²) >= 11 is 0. The van der Waals surface area contributed by atoms with Crippen LogP contribution in [0.4, 0.5) is 0 Å². The van der Waals surface area contributed by atoms with Gasteiger partial charge in [-0.15, -0.1) is 20.4 Å². The van der Waals surface area contributed by atoms with Crippen molar-refractivity contribution in [1.29, 1.82) is 0 Å². The highest BCUT2D eigenvalue weighted by atomic mass is 16.4. The minimum absolute atomic E-state index is 0.132. The number of carboxylic acids is 1. The van der Waals surface area contributed by atoms with E-state index in [0.717, 1.165) is 0 Å². The highest BCUT2D eigenvalue weighted by molar-refractivity contribution is 5.94. The number of hydrogen-bond acceptors (Lipinski definition) is 5. The van der Waals surface area contributed by atoms with Crippen LogP contribution in [-0.4, -0.2) is 31.5 Å². The molecule has 74 valence electrons. The van der Waals surface area contributed by atoms with E-state index in [1.807, 2.05) is 0 Å². The molecule has 0 amide bonds. The van der Waals surface area contributed by atoms with Crippen molar-refractivity contribution in [1.82, 2.24) is 20.4 Å². The number of aromatic carboxylic acids is 1. The van der Waals surface area contributed by atoms with Gasteiger partial charge in [-0.05, 0) is 6.07 Å². The molecule has 6 heteroatoms. The van der Waals surface area contributed by atoms with Gasteiger partial charge in [-0.2, -0.15) is 0 Å². The summed E-state index contributed by atoms with van der Waals surface area (Å²) in [5.74, 6) is -0.825. The van der Waals surface area contributed by atoms with E-state index < -0.39 is 5.97 Å². The fourth-order valence-electron chi connectivity index (χ4n) is 1.18. The molecule has 0 saturated heterocycles. The van der Waals surface area contributed by atoms with Gasteiger partial charge in [0.2, 0.25) is 5.82 Å². The summed E-state index contributed by atoms with van der Waals surface area (Å²) in [6.45, 7) is 0. The molecular formula is C9H6N4O2. The van der Waals surface area contributed by atoms with Crippen LogP contribution in [0.25, 0.3) is 11.4 Å². The first kappa shape index (κ1) is 9.20. The molecule has 0 radical (unpaired) electrons. The van der Waals surface area contributed by atoms with E-state index in [0.29, 0.717) is 5.56 Å². The molecule has 2 rings (SSSR count). The van der Waals surface area contributed by atoms with Crippen molar-refractivity contribution in [2.75, 3.05) is 0 Å². The second-order valence-corrected chi connectivity index (χ2v) is 2.72. The van der Waals surface area contributed by atoms with Crippen LogP contribution in [-0.2, 0) is 0 Å². The summed E-state index contributed by atoms with van der Waals surface area (Å²) < 4.78 is 0. The van der Waals surface area contributed by atoms with E-state index in [2.05, 4.69) is 20.4 Å². The third-order valence-corrected chi connectivity index (χ3v) is 1.81. The van der Waals surface area contributed by atoms with Crippen molar-refractivity contribution in [3.8, 4) is 11.4 Å². The standard InChI is InChI=1S/C9H6N4O2/c14-9(15)7-4-2-1-3-6(7)8-12-10-5-11-13-8/h1-5H,(H,14,15). The maximum absolute atomic E-state index is 10.9. The Kier molecular flexibility index (Phi) is 2.32. The number of benzene rings is 1. The molecule has 0 unspecified atom stereocenters. The quantitative estimate of drug-likeness (QED) is 0.768. The largest absolute Gasteiger partial charge is 0.478 e. The highest BCUT2D eigenvalue weighted by Gasteiger charge is 2.12. The Bertz CT molecular complexity index is 486. The maximum Gasteiger partial charge on any atom is 0.336 e. The predicted molar refractivity (Wildman–Crippen MR) is 50.0 cm³/mol. The molecule has 0 saturated carbocycles. The van der Waals surface area contributed by atoms with Crippen LogP contribution in [0.5, 0.6) is 0 Å². The normalized spacial score (nSPS) is 9.87. The lowest BCUT2D eigenvalue weighted by molar-refractivity contribution is 0.0697. The zero-order valence-corrected chi connectivity index (χ0v) is 7.53. The average molecular weight is 202 g/mol. The zero-order valence-electron chi connectivity index (χ0n) is 7.53. The number of rotatable bonds is 2. The SMILES string of the molecule is O=C(O)c1ccccc1-c1nncnn1. The molecule has 0 fully saturated rings. The number of aromatic nitrogens is 4. The molecule has 1 heterocycles. The van der Waals surface area contributed by atoms with Crippen LogP contribution >= 0.6 is 0 Å². The van der Waals surface area contributed by atoms with Gasteiger partial charge in [0.05, 0.1) is 5.56 Å². The Morgan fingerprint density at radius 2 is 1.80 bits per heavy atom. The maximum atomic E-state index is 10.9. The lowest BCUT2D eigenvalue weighted by atomic mass is 10.1. The number of carbonyl (C=O) groups is 1. The van der Waals surface area contributed by atoms with Gasteiger partial charge in [0, 0.05) is 5.56 Å². The topological polar surface area (TPSA) is 88.9 Å². The molecule has 15 heavy (non-hydrogen) atoms. The molecule has 1 aromatic carbocycles. The van der Waals surface area contributed by atoms with Gasteiger partial charge in [-0.3, -0.25) is 0 Å². The van der Waals surface area contributed by atoms with Crippen LogP contribution in [0.3, 0.4) is 0 Å². The summed E-state index contributed by atoms with van der Waals surface area (Å²) in [5, 5.41) is 23.4. The Hall–Kier alpha value is -2.37. The second-order valence-electron chi connectivity index (χ2n) is 2.72. The number of carboxylic acid groups (broad SMARTS) is 1. The smallest absolute Gasteiger partial charge is 0.336 e. The van der Waals surface area contributed by atoms with Crippen molar-refractivity contribution in [2.24, 2.45) is 0 Å². The molecule has 0 aliphatic carbocycles. The van der Waals surface area contributed by atoms with Gasteiger partial charge in [0.25, 0.3) is 0 Å².